The third-order valence-corrected chi connectivity index (χ3v) is 4.67. The van der Waals surface area contributed by atoms with Gasteiger partial charge in [-0.3, -0.25) is 4.79 Å². The molecular weight excluding hydrogens is 423 g/mol. The Labute approximate surface area is 182 Å². The fourth-order valence-electron chi connectivity index (χ4n) is 3.29. The number of anilines is 1. The molecule has 2 aromatic carbocycles. The molecule has 0 radical (unpaired) electrons. The van der Waals surface area contributed by atoms with E-state index < -0.39 is 34.9 Å². The van der Waals surface area contributed by atoms with Gasteiger partial charge < -0.3 is 15.0 Å². The number of benzene rings is 2. The van der Waals surface area contributed by atoms with Crippen molar-refractivity contribution < 1.29 is 22.7 Å². The van der Waals surface area contributed by atoms with Gasteiger partial charge in [-0.15, -0.1) is 0 Å². The van der Waals surface area contributed by atoms with Crippen LogP contribution in [0.2, 0.25) is 0 Å². The van der Waals surface area contributed by atoms with Crippen molar-refractivity contribution in [3.05, 3.63) is 69.3 Å². The number of aryl methyl sites for hydroxylation is 1. The topological polar surface area (TPSA) is 84.1 Å². The molecule has 0 saturated carbocycles. The highest BCUT2D eigenvalue weighted by atomic mass is 19.4. The molecule has 0 amide bonds. The van der Waals surface area contributed by atoms with Crippen molar-refractivity contribution in [1.82, 2.24) is 9.97 Å². The lowest BCUT2D eigenvalue weighted by Crippen LogP contribution is -2.23. The monoisotopic (exact) mass is 447 g/mol. The number of carbonyl (C=O) groups excluding carboxylic acids is 1. The molecule has 0 bridgehead atoms. The van der Waals surface area contributed by atoms with E-state index in [1.165, 1.54) is 25.1 Å². The van der Waals surface area contributed by atoms with Crippen LogP contribution in [0.15, 0.2) is 41.2 Å². The number of ether oxygens (including phenoxy) is 1. The van der Waals surface area contributed by atoms with Crippen molar-refractivity contribution in [2.75, 3.05) is 5.32 Å². The minimum Gasteiger partial charge on any atom is -0.456 e. The standard InChI is InChI=1S/C23H24F3N3O3/c1-12(27-15-8-6-14(7-9-15)21(31)32-22(3,4)5)16-10-17-19(11-18(16)23(24,25)26)28-13(2)29-20(17)30/h6-12,27H,1-5H3,(H,28,29,30)/t12-/m0/s1. The first-order chi connectivity index (χ1) is 14.7. The van der Waals surface area contributed by atoms with Gasteiger partial charge in [-0.25, -0.2) is 9.78 Å². The van der Waals surface area contributed by atoms with Gasteiger partial charge in [0.1, 0.15) is 11.4 Å². The quantitative estimate of drug-likeness (QED) is 0.525. The van der Waals surface area contributed by atoms with E-state index in [4.69, 9.17) is 4.74 Å². The maximum Gasteiger partial charge on any atom is 0.416 e. The van der Waals surface area contributed by atoms with E-state index in [1.807, 2.05) is 0 Å². The highest BCUT2D eigenvalue weighted by molar-refractivity contribution is 5.90. The van der Waals surface area contributed by atoms with Gasteiger partial charge in [0, 0.05) is 11.7 Å². The van der Waals surface area contributed by atoms with E-state index in [-0.39, 0.29) is 22.3 Å². The molecule has 32 heavy (non-hydrogen) atoms. The van der Waals surface area contributed by atoms with Crippen LogP contribution in [-0.2, 0) is 10.9 Å². The Morgan fingerprint density at radius 3 is 2.31 bits per heavy atom. The third-order valence-electron chi connectivity index (χ3n) is 4.67. The second-order valence-electron chi connectivity index (χ2n) is 8.55. The van der Waals surface area contributed by atoms with Gasteiger partial charge in [0.05, 0.1) is 22.0 Å². The summed E-state index contributed by atoms with van der Waals surface area (Å²) in [6.45, 7) is 8.34. The Morgan fingerprint density at radius 2 is 1.75 bits per heavy atom. The molecule has 0 aliphatic carbocycles. The lowest BCUT2D eigenvalue weighted by atomic mass is 9.98. The molecule has 9 heteroatoms. The number of esters is 1. The number of hydrogen-bond acceptors (Lipinski definition) is 5. The summed E-state index contributed by atoms with van der Waals surface area (Å²) in [7, 11) is 0. The molecule has 0 spiro atoms. The maximum atomic E-state index is 13.8. The molecule has 1 atom stereocenters. The molecule has 3 rings (SSSR count). The molecular formula is C23H24F3N3O3. The highest BCUT2D eigenvalue weighted by Crippen LogP contribution is 2.37. The molecule has 0 saturated heterocycles. The first-order valence-electron chi connectivity index (χ1n) is 9.96. The van der Waals surface area contributed by atoms with Crippen molar-refractivity contribution in [3.63, 3.8) is 0 Å². The fraction of sp³-hybridized carbons (Fsp3) is 0.348. The lowest BCUT2D eigenvalue weighted by Gasteiger charge is -2.22. The van der Waals surface area contributed by atoms with E-state index in [0.717, 1.165) is 6.07 Å². The Kier molecular flexibility index (Phi) is 6.04. The van der Waals surface area contributed by atoms with Gasteiger partial charge in [-0.2, -0.15) is 13.2 Å². The molecule has 0 aliphatic heterocycles. The van der Waals surface area contributed by atoms with Crippen molar-refractivity contribution in [1.29, 1.82) is 0 Å². The maximum absolute atomic E-state index is 13.8. The summed E-state index contributed by atoms with van der Waals surface area (Å²) in [6, 6.07) is 7.57. The molecule has 170 valence electrons. The van der Waals surface area contributed by atoms with Crippen molar-refractivity contribution in [2.45, 2.75) is 52.4 Å². The smallest absolute Gasteiger partial charge is 0.416 e. The van der Waals surface area contributed by atoms with Crippen molar-refractivity contribution >= 4 is 22.6 Å². The number of alkyl halides is 3. The molecule has 0 aliphatic rings. The summed E-state index contributed by atoms with van der Waals surface area (Å²) in [4.78, 5) is 30.9. The number of H-pyrrole nitrogens is 1. The summed E-state index contributed by atoms with van der Waals surface area (Å²) in [5.74, 6) is -0.257. The minimum atomic E-state index is -4.63. The Bertz CT molecular complexity index is 1210. The van der Waals surface area contributed by atoms with Gasteiger partial charge in [0.15, 0.2) is 0 Å². The second kappa shape index (κ2) is 8.29. The lowest BCUT2D eigenvalue weighted by molar-refractivity contribution is -0.138. The SMILES string of the molecule is Cc1nc2cc(C(F)(F)F)c([C@H](C)Nc3ccc(C(=O)OC(C)(C)C)cc3)cc2c(=O)[nH]1. The van der Waals surface area contributed by atoms with Crippen LogP contribution in [0, 0.1) is 6.92 Å². The first kappa shape index (κ1) is 23.3. The number of nitrogens with one attached hydrogen (secondary N) is 2. The Morgan fingerprint density at radius 1 is 1.12 bits per heavy atom. The third kappa shape index (κ3) is 5.27. The molecule has 1 aromatic heterocycles. The second-order valence-corrected chi connectivity index (χ2v) is 8.55. The van der Waals surface area contributed by atoms with Crippen LogP contribution >= 0.6 is 0 Å². The summed E-state index contributed by atoms with van der Waals surface area (Å²) >= 11 is 0. The number of nitrogens with zero attached hydrogens (tertiary/aromatic N) is 1. The molecule has 0 unspecified atom stereocenters. The van der Waals surface area contributed by atoms with E-state index in [0.29, 0.717) is 11.3 Å². The number of hydrogen-bond donors (Lipinski definition) is 2. The van der Waals surface area contributed by atoms with Crippen LogP contribution in [0.5, 0.6) is 0 Å². The molecule has 1 heterocycles. The van der Waals surface area contributed by atoms with Crippen molar-refractivity contribution in [3.8, 4) is 0 Å². The summed E-state index contributed by atoms with van der Waals surface area (Å²) in [6.07, 6.45) is -4.63. The number of aromatic nitrogens is 2. The predicted octanol–water partition coefficient (Wildman–Crippen LogP) is 5.38. The van der Waals surface area contributed by atoms with E-state index in [9.17, 15) is 22.8 Å². The average molecular weight is 447 g/mol. The minimum absolute atomic E-state index is 0.0174. The van der Waals surface area contributed by atoms with Crippen molar-refractivity contribution in [2.24, 2.45) is 0 Å². The molecule has 6 nitrogen and oxygen atoms in total. The predicted molar refractivity (Wildman–Crippen MR) is 116 cm³/mol. The van der Waals surface area contributed by atoms with Crippen LogP contribution in [-0.4, -0.2) is 21.5 Å². The van der Waals surface area contributed by atoms with Gasteiger partial charge in [-0.1, -0.05) is 0 Å². The number of rotatable bonds is 4. The number of aromatic amines is 1. The number of fused-ring (bicyclic) bond motifs is 1. The van der Waals surface area contributed by atoms with Crippen LogP contribution in [0.4, 0.5) is 18.9 Å². The summed E-state index contributed by atoms with van der Waals surface area (Å²) in [5.41, 5.74) is -1.28. The zero-order chi connectivity index (χ0) is 23.8. The highest BCUT2D eigenvalue weighted by Gasteiger charge is 2.35. The Balaban J connectivity index is 1.93. The van der Waals surface area contributed by atoms with Crippen LogP contribution in [0.3, 0.4) is 0 Å². The van der Waals surface area contributed by atoms with Gasteiger partial charge in [0.25, 0.3) is 5.56 Å². The van der Waals surface area contributed by atoms with Gasteiger partial charge in [-0.05, 0) is 76.6 Å². The van der Waals surface area contributed by atoms with E-state index in [2.05, 4.69) is 15.3 Å². The van der Waals surface area contributed by atoms with Crippen LogP contribution in [0.1, 0.15) is 61.0 Å². The molecule has 0 fully saturated rings. The first-order valence-corrected chi connectivity index (χ1v) is 9.96. The largest absolute Gasteiger partial charge is 0.456 e. The normalized spacial score (nSPS) is 13.1. The number of halogens is 3. The zero-order valence-corrected chi connectivity index (χ0v) is 18.3. The Hall–Kier alpha value is -3.36. The molecule has 2 N–H and O–H groups in total. The average Bonchev–Trinajstić information content (AvgIpc) is 2.65. The summed E-state index contributed by atoms with van der Waals surface area (Å²) < 4.78 is 46.6. The van der Waals surface area contributed by atoms with Crippen LogP contribution < -0.4 is 10.9 Å². The van der Waals surface area contributed by atoms with E-state index >= 15 is 0 Å². The van der Waals surface area contributed by atoms with Gasteiger partial charge >= 0.3 is 12.1 Å². The van der Waals surface area contributed by atoms with E-state index in [1.54, 1.807) is 39.8 Å². The number of carbonyl (C=O) groups is 1. The van der Waals surface area contributed by atoms with Crippen LogP contribution in [0.25, 0.3) is 10.9 Å². The summed E-state index contributed by atoms with van der Waals surface area (Å²) in [5, 5.41) is 3.07. The molecule has 3 aromatic rings. The zero-order valence-electron chi connectivity index (χ0n) is 18.3. The fourth-order valence-corrected chi connectivity index (χ4v) is 3.29. The van der Waals surface area contributed by atoms with Gasteiger partial charge in [0.2, 0.25) is 0 Å².